The molecule has 0 fully saturated rings. The fourth-order valence-corrected chi connectivity index (χ4v) is 2.10. The maximum absolute atomic E-state index is 12.6. The van der Waals surface area contributed by atoms with Crippen molar-refractivity contribution >= 4 is 5.78 Å². The Kier molecular flexibility index (Phi) is 4.70. The van der Waals surface area contributed by atoms with E-state index in [9.17, 15) is 4.79 Å². The van der Waals surface area contributed by atoms with E-state index >= 15 is 0 Å². The Morgan fingerprint density at radius 2 is 1.45 bits per heavy atom. The summed E-state index contributed by atoms with van der Waals surface area (Å²) in [7, 11) is 0. The predicted molar refractivity (Wildman–Crippen MR) is 81.1 cm³/mol. The van der Waals surface area contributed by atoms with Crippen LogP contribution >= 0.6 is 0 Å². The number of ether oxygens (including phenoxy) is 1. The fourth-order valence-electron chi connectivity index (χ4n) is 2.10. The largest absolute Gasteiger partial charge is 0.366 e. The van der Waals surface area contributed by atoms with Crippen LogP contribution in [0.2, 0.25) is 0 Å². The second-order valence-corrected chi connectivity index (χ2v) is 4.98. The van der Waals surface area contributed by atoms with Crippen molar-refractivity contribution in [2.24, 2.45) is 0 Å². The van der Waals surface area contributed by atoms with E-state index in [0.717, 1.165) is 11.1 Å². The number of benzene rings is 2. The zero-order chi connectivity index (χ0) is 14.5. The zero-order valence-corrected chi connectivity index (χ0v) is 12.2. The summed E-state index contributed by atoms with van der Waals surface area (Å²) in [6, 6.07) is 15.5. The van der Waals surface area contributed by atoms with Gasteiger partial charge in [0.15, 0.2) is 5.78 Å². The summed E-state index contributed by atoms with van der Waals surface area (Å²) in [6.07, 6.45) is -0.525. The molecule has 2 nitrogen and oxygen atoms in total. The van der Waals surface area contributed by atoms with E-state index in [-0.39, 0.29) is 5.78 Å². The van der Waals surface area contributed by atoms with Crippen LogP contribution in [0.3, 0.4) is 0 Å². The molecule has 104 valence electrons. The second-order valence-electron chi connectivity index (χ2n) is 4.98. The Morgan fingerprint density at radius 3 is 1.95 bits per heavy atom. The summed E-state index contributed by atoms with van der Waals surface area (Å²) in [6.45, 7) is 6.45. The first-order chi connectivity index (χ1) is 9.61. The number of rotatable bonds is 5. The Hall–Kier alpha value is -1.93. The third-order valence-electron chi connectivity index (χ3n) is 3.29. The van der Waals surface area contributed by atoms with Crippen molar-refractivity contribution in [3.05, 3.63) is 70.8 Å². The maximum atomic E-state index is 12.6. The van der Waals surface area contributed by atoms with Crippen molar-refractivity contribution in [1.82, 2.24) is 0 Å². The lowest BCUT2D eigenvalue weighted by Crippen LogP contribution is -2.16. The van der Waals surface area contributed by atoms with Crippen LogP contribution in [0.25, 0.3) is 0 Å². The lowest BCUT2D eigenvalue weighted by atomic mass is 9.98. The smallest absolute Gasteiger partial charge is 0.196 e. The number of carbonyl (C=O) groups is 1. The lowest BCUT2D eigenvalue weighted by molar-refractivity contribution is 0.0452. The van der Waals surface area contributed by atoms with Gasteiger partial charge in [-0.2, -0.15) is 0 Å². The molecule has 1 unspecified atom stereocenters. The Balaban J connectivity index is 2.30. The molecular formula is C18H20O2. The molecule has 2 rings (SSSR count). The van der Waals surface area contributed by atoms with E-state index in [1.54, 1.807) is 0 Å². The number of hydrogen-bond donors (Lipinski definition) is 0. The molecule has 0 N–H and O–H groups in total. The van der Waals surface area contributed by atoms with Gasteiger partial charge < -0.3 is 4.74 Å². The monoisotopic (exact) mass is 268 g/mol. The Bertz CT molecular complexity index is 567. The highest BCUT2D eigenvalue weighted by atomic mass is 16.5. The van der Waals surface area contributed by atoms with Crippen molar-refractivity contribution in [3.8, 4) is 0 Å². The molecule has 0 spiro atoms. The highest BCUT2D eigenvalue weighted by molar-refractivity contribution is 6.00. The minimum absolute atomic E-state index is 0.00991. The summed E-state index contributed by atoms with van der Waals surface area (Å²) in [5.41, 5.74) is 3.91. The summed E-state index contributed by atoms with van der Waals surface area (Å²) < 4.78 is 5.66. The molecule has 0 aliphatic carbocycles. The third kappa shape index (κ3) is 3.34. The summed E-state index contributed by atoms with van der Waals surface area (Å²) in [5.74, 6) is 0.00991. The minimum atomic E-state index is -0.525. The number of carbonyl (C=O) groups excluding carboxylic acids is 1. The van der Waals surface area contributed by atoms with Crippen LogP contribution < -0.4 is 0 Å². The normalized spacial score (nSPS) is 12.2. The van der Waals surface area contributed by atoms with Gasteiger partial charge in [-0.05, 0) is 26.3 Å². The molecule has 0 saturated carbocycles. The lowest BCUT2D eigenvalue weighted by Gasteiger charge is -2.16. The van der Waals surface area contributed by atoms with Gasteiger partial charge in [-0.15, -0.1) is 0 Å². The van der Waals surface area contributed by atoms with Crippen LogP contribution in [-0.4, -0.2) is 12.4 Å². The van der Waals surface area contributed by atoms with Crippen molar-refractivity contribution < 1.29 is 9.53 Å². The molecule has 0 saturated heterocycles. The molecule has 0 heterocycles. The number of aryl methyl sites for hydroxylation is 2. The van der Waals surface area contributed by atoms with Crippen LogP contribution in [-0.2, 0) is 4.74 Å². The Labute approximate surface area is 120 Å². The molecule has 0 aromatic heterocycles. The van der Waals surface area contributed by atoms with Gasteiger partial charge in [0.1, 0.15) is 6.10 Å². The minimum Gasteiger partial charge on any atom is -0.366 e. The van der Waals surface area contributed by atoms with E-state index in [2.05, 4.69) is 0 Å². The van der Waals surface area contributed by atoms with Gasteiger partial charge in [0, 0.05) is 12.2 Å². The van der Waals surface area contributed by atoms with Gasteiger partial charge >= 0.3 is 0 Å². The first-order valence-electron chi connectivity index (χ1n) is 6.91. The number of Topliss-reactive ketones (excluding diaryl/α,β-unsaturated/α-hetero) is 1. The molecular weight excluding hydrogens is 248 g/mol. The van der Waals surface area contributed by atoms with Gasteiger partial charge in [-0.3, -0.25) is 4.79 Å². The van der Waals surface area contributed by atoms with E-state index in [1.807, 2.05) is 69.3 Å². The summed E-state index contributed by atoms with van der Waals surface area (Å²) in [4.78, 5) is 12.6. The molecule has 2 heteroatoms. The van der Waals surface area contributed by atoms with Gasteiger partial charge in [0.05, 0.1) is 0 Å². The third-order valence-corrected chi connectivity index (χ3v) is 3.29. The van der Waals surface area contributed by atoms with Gasteiger partial charge in [0.2, 0.25) is 0 Å². The molecule has 1 atom stereocenters. The average molecular weight is 268 g/mol. The fraction of sp³-hybridized carbons (Fsp3) is 0.278. The SMILES string of the molecule is CCOC(C(=O)c1ccc(C)cc1)c1ccc(C)cc1. The zero-order valence-electron chi connectivity index (χ0n) is 12.2. The van der Waals surface area contributed by atoms with E-state index in [4.69, 9.17) is 4.74 Å². The highest BCUT2D eigenvalue weighted by Gasteiger charge is 2.22. The van der Waals surface area contributed by atoms with Crippen LogP contribution in [0, 0.1) is 13.8 Å². The van der Waals surface area contributed by atoms with Crippen LogP contribution in [0.1, 0.15) is 40.1 Å². The first kappa shape index (κ1) is 14.5. The predicted octanol–water partition coefficient (Wildman–Crippen LogP) is 4.26. The standard InChI is InChI=1S/C18H20O2/c1-4-20-18(16-11-7-14(3)8-12-16)17(19)15-9-5-13(2)6-10-15/h5-12,18H,4H2,1-3H3. The van der Waals surface area contributed by atoms with Crippen LogP contribution in [0.5, 0.6) is 0 Å². The van der Waals surface area contributed by atoms with Crippen molar-refractivity contribution in [2.75, 3.05) is 6.61 Å². The molecule has 20 heavy (non-hydrogen) atoms. The molecule has 0 aliphatic rings. The maximum Gasteiger partial charge on any atom is 0.196 e. The van der Waals surface area contributed by atoms with Gasteiger partial charge in [-0.25, -0.2) is 0 Å². The van der Waals surface area contributed by atoms with E-state index < -0.39 is 6.10 Å². The quantitative estimate of drug-likeness (QED) is 0.757. The first-order valence-corrected chi connectivity index (χ1v) is 6.91. The molecule has 2 aromatic carbocycles. The van der Waals surface area contributed by atoms with Crippen molar-refractivity contribution in [3.63, 3.8) is 0 Å². The van der Waals surface area contributed by atoms with Gasteiger partial charge in [-0.1, -0.05) is 59.7 Å². The van der Waals surface area contributed by atoms with Gasteiger partial charge in [0.25, 0.3) is 0 Å². The van der Waals surface area contributed by atoms with Crippen LogP contribution in [0.15, 0.2) is 48.5 Å². The van der Waals surface area contributed by atoms with Crippen LogP contribution in [0.4, 0.5) is 0 Å². The van der Waals surface area contributed by atoms with E-state index in [1.165, 1.54) is 5.56 Å². The average Bonchev–Trinajstić information content (AvgIpc) is 2.46. The summed E-state index contributed by atoms with van der Waals surface area (Å²) in [5, 5.41) is 0. The number of hydrogen-bond acceptors (Lipinski definition) is 2. The highest BCUT2D eigenvalue weighted by Crippen LogP contribution is 2.23. The van der Waals surface area contributed by atoms with Crippen molar-refractivity contribution in [1.29, 1.82) is 0 Å². The Morgan fingerprint density at radius 1 is 0.950 bits per heavy atom. The second kappa shape index (κ2) is 6.49. The number of ketones is 1. The molecule has 0 amide bonds. The van der Waals surface area contributed by atoms with E-state index in [0.29, 0.717) is 12.2 Å². The summed E-state index contributed by atoms with van der Waals surface area (Å²) >= 11 is 0. The molecule has 0 radical (unpaired) electrons. The molecule has 2 aromatic rings. The topological polar surface area (TPSA) is 26.3 Å². The van der Waals surface area contributed by atoms with Crippen molar-refractivity contribution in [2.45, 2.75) is 26.9 Å². The molecule has 0 bridgehead atoms. The molecule has 0 aliphatic heterocycles.